The number of halogens is 1. The molecule has 1 aliphatic carbocycles. The summed E-state index contributed by atoms with van der Waals surface area (Å²) in [5.74, 6) is 0.267. The zero-order valence-electron chi connectivity index (χ0n) is 10.5. The lowest BCUT2D eigenvalue weighted by Gasteiger charge is -2.22. The van der Waals surface area contributed by atoms with E-state index in [0.717, 1.165) is 17.3 Å². The Morgan fingerprint density at radius 2 is 1.94 bits per heavy atom. The van der Waals surface area contributed by atoms with Crippen molar-refractivity contribution in [1.29, 1.82) is 0 Å². The van der Waals surface area contributed by atoms with Gasteiger partial charge in [0.05, 0.1) is 0 Å². The van der Waals surface area contributed by atoms with E-state index in [1.54, 1.807) is 0 Å². The van der Waals surface area contributed by atoms with E-state index >= 15 is 0 Å². The number of carbonyl (C=O) groups is 1. The molecule has 1 atom stereocenters. The molecule has 2 rings (SSSR count). The number of amides is 1. The van der Waals surface area contributed by atoms with Gasteiger partial charge < -0.3 is 5.32 Å². The lowest BCUT2D eigenvalue weighted by molar-refractivity contribution is -0.126. The van der Waals surface area contributed by atoms with Crippen molar-refractivity contribution in [3.8, 4) is 0 Å². The largest absolute Gasteiger partial charge is 0.351 e. The number of fused-ring (bicyclic) bond motifs is 1. The van der Waals surface area contributed by atoms with Crippen molar-refractivity contribution in [3.63, 3.8) is 0 Å². The maximum absolute atomic E-state index is 12.1. The van der Waals surface area contributed by atoms with Gasteiger partial charge in [0.2, 0.25) is 5.91 Å². The molecular weight excluding hydrogens is 278 g/mol. The van der Waals surface area contributed by atoms with Crippen LogP contribution in [0, 0.1) is 5.92 Å². The van der Waals surface area contributed by atoms with Gasteiger partial charge in [-0.3, -0.25) is 4.79 Å². The number of benzene rings is 1. The zero-order chi connectivity index (χ0) is 12.6. The maximum Gasteiger partial charge on any atom is 0.224 e. The molecule has 1 aromatic carbocycles. The summed E-state index contributed by atoms with van der Waals surface area (Å²) in [6.45, 7) is 6.05. The van der Waals surface area contributed by atoms with Gasteiger partial charge in [0, 0.05) is 15.9 Å². The van der Waals surface area contributed by atoms with Crippen LogP contribution < -0.4 is 5.32 Å². The summed E-state index contributed by atoms with van der Waals surface area (Å²) in [5.41, 5.74) is 2.46. The molecular formula is C14H18BrNO. The Morgan fingerprint density at radius 1 is 1.29 bits per heavy atom. The van der Waals surface area contributed by atoms with Crippen LogP contribution in [0.1, 0.15) is 31.9 Å². The molecule has 1 N–H and O–H groups in total. The van der Waals surface area contributed by atoms with Gasteiger partial charge in [0.15, 0.2) is 0 Å². The highest BCUT2D eigenvalue weighted by atomic mass is 79.9. The highest BCUT2D eigenvalue weighted by molar-refractivity contribution is 9.10. The Labute approximate surface area is 111 Å². The standard InChI is InChI=1S/C14H18BrNO/c1-14(2,3)16-13(17)11-6-9-4-5-12(15)8-10(9)7-11/h4-5,8,11H,6-7H2,1-3H3,(H,16,17). The van der Waals surface area contributed by atoms with Gasteiger partial charge in [0.25, 0.3) is 0 Å². The van der Waals surface area contributed by atoms with E-state index in [9.17, 15) is 4.79 Å². The van der Waals surface area contributed by atoms with Crippen LogP contribution in [-0.4, -0.2) is 11.4 Å². The van der Waals surface area contributed by atoms with Crippen LogP contribution in [0.15, 0.2) is 22.7 Å². The molecule has 3 heteroatoms. The first-order chi connectivity index (χ1) is 7.85. The molecule has 0 aliphatic heterocycles. The third-order valence-electron chi connectivity index (χ3n) is 2.97. The van der Waals surface area contributed by atoms with Crippen LogP contribution in [0.25, 0.3) is 0 Å². The minimum Gasteiger partial charge on any atom is -0.351 e. The second-order valence-electron chi connectivity index (χ2n) is 5.76. The van der Waals surface area contributed by atoms with Crippen molar-refractivity contribution < 1.29 is 4.79 Å². The summed E-state index contributed by atoms with van der Waals surface area (Å²) < 4.78 is 1.09. The van der Waals surface area contributed by atoms with Crippen molar-refractivity contribution in [2.75, 3.05) is 0 Å². The SMILES string of the molecule is CC(C)(C)NC(=O)C1Cc2ccc(Br)cc2C1. The van der Waals surface area contributed by atoms with Crippen molar-refractivity contribution in [3.05, 3.63) is 33.8 Å². The highest BCUT2D eigenvalue weighted by Crippen LogP contribution is 2.29. The van der Waals surface area contributed by atoms with Gasteiger partial charge >= 0.3 is 0 Å². The first-order valence-electron chi connectivity index (χ1n) is 5.94. The topological polar surface area (TPSA) is 29.1 Å². The van der Waals surface area contributed by atoms with Crippen LogP contribution in [0.4, 0.5) is 0 Å². The van der Waals surface area contributed by atoms with Crippen LogP contribution >= 0.6 is 15.9 Å². The zero-order valence-corrected chi connectivity index (χ0v) is 12.1. The maximum atomic E-state index is 12.1. The van der Waals surface area contributed by atoms with Crippen molar-refractivity contribution in [1.82, 2.24) is 5.32 Å². The van der Waals surface area contributed by atoms with Gasteiger partial charge in [-0.15, -0.1) is 0 Å². The quantitative estimate of drug-likeness (QED) is 0.848. The minimum absolute atomic E-state index is 0.0959. The molecule has 2 nitrogen and oxygen atoms in total. The summed E-state index contributed by atoms with van der Waals surface area (Å²) in [7, 11) is 0. The molecule has 1 aliphatic rings. The average Bonchev–Trinajstić information content (AvgIpc) is 2.57. The minimum atomic E-state index is -0.146. The summed E-state index contributed by atoms with van der Waals surface area (Å²) in [6, 6.07) is 6.28. The number of carbonyl (C=O) groups excluding carboxylic acids is 1. The van der Waals surface area contributed by atoms with E-state index in [1.165, 1.54) is 11.1 Å². The molecule has 17 heavy (non-hydrogen) atoms. The molecule has 0 bridgehead atoms. The van der Waals surface area contributed by atoms with Gasteiger partial charge in [-0.2, -0.15) is 0 Å². The highest BCUT2D eigenvalue weighted by Gasteiger charge is 2.29. The van der Waals surface area contributed by atoms with E-state index in [-0.39, 0.29) is 17.4 Å². The van der Waals surface area contributed by atoms with E-state index in [2.05, 4.69) is 33.4 Å². The normalized spacial score (nSPS) is 18.9. The van der Waals surface area contributed by atoms with Crippen LogP contribution in [0.5, 0.6) is 0 Å². The molecule has 0 aromatic heterocycles. The predicted molar refractivity (Wildman–Crippen MR) is 72.9 cm³/mol. The molecule has 0 spiro atoms. The number of rotatable bonds is 1. The second kappa shape index (κ2) is 4.45. The Kier molecular flexibility index (Phi) is 3.30. The molecule has 0 heterocycles. The molecule has 92 valence electrons. The first kappa shape index (κ1) is 12.6. The predicted octanol–water partition coefficient (Wildman–Crippen LogP) is 3.08. The fourth-order valence-electron chi connectivity index (χ4n) is 2.24. The van der Waals surface area contributed by atoms with Gasteiger partial charge in [0.1, 0.15) is 0 Å². The van der Waals surface area contributed by atoms with Crippen LogP contribution in [-0.2, 0) is 17.6 Å². The second-order valence-corrected chi connectivity index (χ2v) is 6.67. The van der Waals surface area contributed by atoms with Crippen LogP contribution in [0.3, 0.4) is 0 Å². The fourth-order valence-corrected chi connectivity index (χ4v) is 2.65. The average molecular weight is 296 g/mol. The Balaban J connectivity index is 2.07. The first-order valence-corrected chi connectivity index (χ1v) is 6.74. The van der Waals surface area contributed by atoms with Crippen LogP contribution in [0.2, 0.25) is 0 Å². The molecule has 0 saturated heterocycles. The molecule has 0 radical (unpaired) electrons. The molecule has 1 unspecified atom stereocenters. The third-order valence-corrected chi connectivity index (χ3v) is 3.46. The molecule has 1 aromatic rings. The van der Waals surface area contributed by atoms with Crippen molar-refractivity contribution in [2.45, 2.75) is 39.2 Å². The Morgan fingerprint density at radius 3 is 2.59 bits per heavy atom. The van der Waals surface area contributed by atoms with E-state index in [0.29, 0.717) is 0 Å². The lowest BCUT2D eigenvalue weighted by atomic mass is 10.0. The lowest BCUT2D eigenvalue weighted by Crippen LogP contribution is -2.44. The number of nitrogens with one attached hydrogen (secondary N) is 1. The van der Waals surface area contributed by atoms with Crippen molar-refractivity contribution >= 4 is 21.8 Å². The van der Waals surface area contributed by atoms with Gasteiger partial charge in [-0.05, 0) is 56.9 Å². The number of hydrogen-bond donors (Lipinski definition) is 1. The molecule has 0 saturated carbocycles. The third kappa shape index (κ3) is 3.09. The van der Waals surface area contributed by atoms with Crippen molar-refractivity contribution in [2.24, 2.45) is 5.92 Å². The van der Waals surface area contributed by atoms with E-state index in [1.807, 2.05) is 26.8 Å². The summed E-state index contributed by atoms with van der Waals surface area (Å²) in [6.07, 6.45) is 1.72. The van der Waals surface area contributed by atoms with E-state index < -0.39 is 0 Å². The smallest absolute Gasteiger partial charge is 0.224 e. The monoisotopic (exact) mass is 295 g/mol. The Hall–Kier alpha value is -0.830. The molecule has 1 amide bonds. The Bertz CT molecular complexity index is 448. The molecule has 0 fully saturated rings. The number of hydrogen-bond acceptors (Lipinski definition) is 1. The summed E-state index contributed by atoms with van der Waals surface area (Å²) in [4.78, 5) is 12.1. The fraction of sp³-hybridized carbons (Fsp3) is 0.500. The summed E-state index contributed by atoms with van der Waals surface area (Å²) >= 11 is 3.47. The van der Waals surface area contributed by atoms with E-state index in [4.69, 9.17) is 0 Å². The van der Waals surface area contributed by atoms with Gasteiger partial charge in [-0.25, -0.2) is 0 Å². The van der Waals surface area contributed by atoms with Gasteiger partial charge in [-0.1, -0.05) is 22.0 Å². The summed E-state index contributed by atoms with van der Waals surface area (Å²) in [5, 5.41) is 3.06.